The van der Waals surface area contributed by atoms with Crippen LogP contribution < -0.4 is 11.3 Å². The second-order valence-electron chi connectivity index (χ2n) is 4.09. The molecule has 0 fully saturated rings. The Hall–Kier alpha value is -2.30. The van der Waals surface area contributed by atoms with Crippen molar-refractivity contribution in [3.05, 3.63) is 40.2 Å². The smallest absolute Gasteiger partial charge is 0.258 e. The fourth-order valence-corrected chi connectivity index (χ4v) is 1.78. The van der Waals surface area contributed by atoms with Crippen molar-refractivity contribution in [1.82, 2.24) is 9.97 Å². The highest BCUT2D eigenvalue weighted by Gasteiger charge is 2.10. The van der Waals surface area contributed by atoms with Gasteiger partial charge in [-0.05, 0) is 18.6 Å². The fourth-order valence-electron chi connectivity index (χ4n) is 1.78. The van der Waals surface area contributed by atoms with E-state index in [1.165, 1.54) is 0 Å². The zero-order valence-corrected chi connectivity index (χ0v) is 10.1. The van der Waals surface area contributed by atoms with Gasteiger partial charge in [0.1, 0.15) is 5.82 Å². The molecule has 0 aliphatic heterocycles. The van der Waals surface area contributed by atoms with Crippen molar-refractivity contribution < 1.29 is 5.11 Å². The van der Waals surface area contributed by atoms with Gasteiger partial charge in [0, 0.05) is 11.3 Å². The molecule has 0 aliphatic carbocycles. The Morgan fingerprint density at radius 1 is 1.44 bits per heavy atom. The number of nitrogens with two attached hydrogens (primary N) is 1. The number of aromatic nitrogens is 2. The van der Waals surface area contributed by atoms with Crippen LogP contribution in [0.2, 0.25) is 0 Å². The van der Waals surface area contributed by atoms with Gasteiger partial charge in [-0.1, -0.05) is 25.5 Å². The van der Waals surface area contributed by atoms with Crippen LogP contribution in [0, 0.1) is 0 Å². The number of rotatable bonds is 3. The number of nitrogens with one attached hydrogen (secondary N) is 1. The van der Waals surface area contributed by atoms with Crippen LogP contribution in [0.25, 0.3) is 11.4 Å². The number of aromatic amines is 1. The van der Waals surface area contributed by atoms with Crippen LogP contribution in [-0.2, 0) is 6.42 Å². The lowest BCUT2D eigenvalue weighted by molar-refractivity contribution is 0.443. The first-order valence-electron chi connectivity index (χ1n) is 5.80. The summed E-state index contributed by atoms with van der Waals surface area (Å²) < 4.78 is 0. The molecule has 0 radical (unpaired) electrons. The highest BCUT2D eigenvalue weighted by Crippen LogP contribution is 2.20. The zero-order valence-electron chi connectivity index (χ0n) is 10.1. The van der Waals surface area contributed by atoms with E-state index in [1.807, 2.05) is 6.92 Å². The molecule has 0 bridgehead atoms. The van der Waals surface area contributed by atoms with E-state index in [1.54, 1.807) is 24.3 Å². The third-order valence-electron chi connectivity index (χ3n) is 2.65. The average Bonchev–Trinajstić information content (AvgIpc) is 2.33. The van der Waals surface area contributed by atoms with Crippen LogP contribution in [0.5, 0.6) is 5.88 Å². The Labute approximate surface area is 104 Å². The lowest BCUT2D eigenvalue weighted by Gasteiger charge is -2.05. The second-order valence-corrected chi connectivity index (χ2v) is 4.09. The van der Waals surface area contributed by atoms with Crippen molar-refractivity contribution in [3.8, 4) is 17.3 Å². The van der Waals surface area contributed by atoms with E-state index in [4.69, 9.17) is 5.73 Å². The van der Waals surface area contributed by atoms with E-state index < -0.39 is 0 Å². The highest BCUT2D eigenvalue weighted by molar-refractivity contribution is 5.61. The van der Waals surface area contributed by atoms with E-state index in [0.29, 0.717) is 29.1 Å². The molecule has 1 aromatic carbocycles. The standard InChI is InChI=1S/C13H15N3O2/c1-2-4-10-12(17)15-11(16-13(10)18)8-5-3-6-9(14)7-8/h3,5-7H,2,4,14H2,1H3,(H2,15,16,17,18). The zero-order chi connectivity index (χ0) is 13.1. The van der Waals surface area contributed by atoms with Crippen LogP contribution in [-0.4, -0.2) is 15.1 Å². The predicted octanol–water partition coefficient (Wildman–Crippen LogP) is 1.68. The number of H-pyrrole nitrogens is 1. The Morgan fingerprint density at radius 3 is 2.83 bits per heavy atom. The third-order valence-corrected chi connectivity index (χ3v) is 2.65. The molecule has 5 nitrogen and oxygen atoms in total. The number of hydrogen-bond donors (Lipinski definition) is 3. The maximum absolute atomic E-state index is 11.8. The largest absolute Gasteiger partial charge is 0.493 e. The van der Waals surface area contributed by atoms with Gasteiger partial charge in [-0.2, -0.15) is 4.98 Å². The summed E-state index contributed by atoms with van der Waals surface area (Å²) >= 11 is 0. The molecule has 2 aromatic rings. The van der Waals surface area contributed by atoms with Crippen LogP contribution in [0.15, 0.2) is 29.1 Å². The Kier molecular flexibility index (Phi) is 3.32. The van der Waals surface area contributed by atoms with Crippen LogP contribution in [0.3, 0.4) is 0 Å². The third kappa shape index (κ3) is 2.34. The van der Waals surface area contributed by atoms with Crippen molar-refractivity contribution in [2.45, 2.75) is 19.8 Å². The fraction of sp³-hybridized carbons (Fsp3) is 0.231. The minimum absolute atomic E-state index is 0.210. The van der Waals surface area contributed by atoms with Gasteiger partial charge >= 0.3 is 0 Å². The molecule has 0 amide bonds. The van der Waals surface area contributed by atoms with Crippen molar-refractivity contribution >= 4 is 5.69 Å². The molecule has 0 spiro atoms. The van der Waals surface area contributed by atoms with Gasteiger partial charge in [-0.25, -0.2) is 0 Å². The number of aromatic hydroxyl groups is 1. The molecule has 1 heterocycles. The number of hydrogen-bond acceptors (Lipinski definition) is 4. The maximum atomic E-state index is 11.8. The molecule has 0 aliphatic rings. The van der Waals surface area contributed by atoms with Crippen LogP contribution in [0.1, 0.15) is 18.9 Å². The molecule has 0 atom stereocenters. The second kappa shape index (κ2) is 4.91. The van der Waals surface area contributed by atoms with E-state index in [9.17, 15) is 9.90 Å². The molecule has 0 saturated heterocycles. The minimum Gasteiger partial charge on any atom is -0.493 e. The van der Waals surface area contributed by atoms with Crippen LogP contribution in [0.4, 0.5) is 5.69 Å². The van der Waals surface area contributed by atoms with Crippen LogP contribution >= 0.6 is 0 Å². The molecule has 94 valence electrons. The number of nitrogens with zero attached hydrogens (tertiary/aromatic N) is 1. The highest BCUT2D eigenvalue weighted by atomic mass is 16.3. The molecule has 0 unspecified atom stereocenters. The normalized spacial score (nSPS) is 10.5. The van der Waals surface area contributed by atoms with E-state index in [-0.39, 0.29) is 11.4 Å². The monoisotopic (exact) mass is 245 g/mol. The number of anilines is 1. The topological polar surface area (TPSA) is 92.0 Å². The summed E-state index contributed by atoms with van der Waals surface area (Å²) in [5, 5.41) is 9.77. The summed E-state index contributed by atoms with van der Waals surface area (Å²) in [4.78, 5) is 18.5. The number of benzene rings is 1. The van der Waals surface area contributed by atoms with E-state index in [2.05, 4.69) is 9.97 Å². The first-order chi connectivity index (χ1) is 8.61. The van der Waals surface area contributed by atoms with E-state index >= 15 is 0 Å². The molecule has 5 heteroatoms. The summed E-state index contributed by atoms with van der Waals surface area (Å²) in [6.07, 6.45) is 1.28. The summed E-state index contributed by atoms with van der Waals surface area (Å²) in [5.41, 5.74) is 6.94. The maximum Gasteiger partial charge on any atom is 0.258 e. The van der Waals surface area contributed by atoms with Crippen molar-refractivity contribution in [1.29, 1.82) is 0 Å². The molecule has 18 heavy (non-hydrogen) atoms. The SMILES string of the molecule is CCCc1c(O)nc(-c2cccc(N)c2)[nH]c1=O. The average molecular weight is 245 g/mol. The minimum atomic E-state index is -0.304. The molecule has 0 saturated carbocycles. The van der Waals surface area contributed by atoms with Gasteiger partial charge in [-0.3, -0.25) is 4.79 Å². The summed E-state index contributed by atoms with van der Waals surface area (Å²) in [7, 11) is 0. The Morgan fingerprint density at radius 2 is 2.22 bits per heavy atom. The van der Waals surface area contributed by atoms with Gasteiger partial charge in [0.15, 0.2) is 0 Å². The molecule has 1 aromatic heterocycles. The van der Waals surface area contributed by atoms with E-state index in [0.717, 1.165) is 6.42 Å². The first-order valence-corrected chi connectivity index (χ1v) is 5.80. The predicted molar refractivity (Wildman–Crippen MR) is 70.4 cm³/mol. The lowest BCUT2D eigenvalue weighted by Crippen LogP contribution is -2.15. The quantitative estimate of drug-likeness (QED) is 0.717. The van der Waals surface area contributed by atoms with Gasteiger partial charge in [0.25, 0.3) is 5.56 Å². The van der Waals surface area contributed by atoms with Crippen molar-refractivity contribution in [3.63, 3.8) is 0 Å². The van der Waals surface area contributed by atoms with Gasteiger partial charge in [0.05, 0.1) is 5.56 Å². The molecular weight excluding hydrogens is 230 g/mol. The first kappa shape index (κ1) is 12.2. The lowest BCUT2D eigenvalue weighted by atomic mass is 10.1. The summed E-state index contributed by atoms with van der Waals surface area (Å²) in [5.74, 6) is 0.114. The summed E-state index contributed by atoms with van der Waals surface area (Å²) in [6, 6.07) is 6.97. The summed E-state index contributed by atoms with van der Waals surface area (Å²) in [6.45, 7) is 1.94. The van der Waals surface area contributed by atoms with Gasteiger partial charge in [-0.15, -0.1) is 0 Å². The van der Waals surface area contributed by atoms with Crippen molar-refractivity contribution in [2.24, 2.45) is 0 Å². The van der Waals surface area contributed by atoms with Gasteiger partial charge in [0.2, 0.25) is 5.88 Å². The van der Waals surface area contributed by atoms with Crippen molar-refractivity contribution in [2.75, 3.05) is 5.73 Å². The Balaban J connectivity index is 2.51. The molecular formula is C13H15N3O2. The van der Waals surface area contributed by atoms with Gasteiger partial charge < -0.3 is 15.8 Å². The molecule has 4 N–H and O–H groups in total. The number of nitrogen functional groups attached to an aromatic ring is 1. The Bertz CT molecular complexity index is 620. The molecule has 2 rings (SSSR count).